The van der Waals surface area contributed by atoms with Crippen molar-refractivity contribution in [2.75, 3.05) is 18.5 Å². The van der Waals surface area contributed by atoms with Gasteiger partial charge in [0.1, 0.15) is 30.5 Å². The summed E-state index contributed by atoms with van der Waals surface area (Å²) < 4.78 is 18.1. The van der Waals surface area contributed by atoms with Gasteiger partial charge in [0.05, 0.1) is 17.4 Å². The molecule has 0 fully saturated rings. The fraction of sp³-hybridized carbons (Fsp3) is 0.208. The monoisotopic (exact) mass is 469 g/mol. The van der Waals surface area contributed by atoms with Gasteiger partial charge in [0.2, 0.25) is 0 Å². The molecule has 0 saturated carbocycles. The first-order chi connectivity index (χ1) is 14.5. The molecule has 0 aliphatic carbocycles. The van der Waals surface area contributed by atoms with Crippen LogP contribution in [0.3, 0.4) is 0 Å². The maximum atomic E-state index is 12.9. The van der Waals surface area contributed by atoms with Crippen molar-refractivity contribution in [3.05, 3.63) is 82.8 Å². The SMILES string of the molecule is CC(C)Oc1ccc(Br)cc1C(=O)Nc1ccccc1OCCOc1ccccc1. The Kier molecular flexibility index (Phi) is 7.74. The first-order valence-corrected chi connectivity index (χ1v) is 10.5. The van der Waals surface area contributed by atoms with Gasteiger partial charge < -0.3 is 19.5 Å². The lowest BCUT2D eigenvalue weighted by molar-refractivity contribution is 0.102. The summed E-state index contributed by atoms with van der Waals surface area (Å²) in [6.07, 6.45) is -0.0436. The number of nitrogens with one attached hydrogen (secondary N) is 1. The largest absolute Gasteiger partial charge is 0.490 e. The van der Waals surface area contributed by atoms with Gasteiger partial charge in [-0.3, -0.25) is 4.79 Å². The van der Waals surface area contributed by atoms with E-state index >= 15 is 0 Å². The molecule has 30 heavy (non-hydrogen) atoms. The van der Waals surface area contributed by atoms with Crippen LogP contribution in [0.1, 0.15) is 24.2 Å². The van der Waals surface area contributed by atoms with Gasteiger partial charge in [0, 0.05) is 4.47 Å². The Hall–Kier alpha value is -2.99. The van der Waals surface area contributed by atoms with E-state index in [9.17, 15) is 4.79 Å². The van der Waals surface area contributed by atoms with Crippen LogP contribution in [-0.2, 0) is 0 Å². The molecule has 0 aliphatic rings. The predicted molar refractivity (Wildman–Crippen MR) is 122 cm³/mol. The molecule has 0 radical (unpaired) electrons. The van der Waals surface area contributed by atoms with E-state index in [4.69, 9.17) is 14.2 Å². The van der Waals surface area contributed by atoms with Crippen molar-refractivity contribution in [3.8, 4) is 17.2 Å². The molecule has 1 N–H and O–H groups in total. The molecule has 3 rings (SSSR count). The molecule has 1 amide bonds. The minimum Gasteiger partial charge on any atom is -0.490 e. The number of ether oxygens (including phenoxy) is 3. The molecule has 0 spiro atoms. The molecule has 156 valence electrons. The zero-order chi connectivity index (χ0) is 21.3. The topological polar surface area (TPSA) is 56.8 Å². The van der Waals surface area contributed by atoms with Crippen LogP contribution in [-0.4, -0.2) is 25.2 Å². The maximum Gasteiger partial charge on any atom is 0.259 e. The molecule has 0 aromatic heterocycles. The van der Waals surface area contributed by atoms with Crippen molar-refractivity contribution in [1.82, 2.24) is 0 Å². The average Bonchev–Trinajstić information content (AvgIpc) is 2.74. The molecule has 6 heteroatoms. The smallest absolute Gasteiger partial charge is 0.259 e. The molecule has 0 saturated heterocycles. The normalized spacial score (nSPS) is 10.5. The number of anilines is 1. The predicted octanol–water partition coefficient (Wildman–Crippen LogP) is 5.95. The summed E-state index contributed by atoms with van der Waals surface area (Å²) in [6.45, 7) is 4.58. The van der Waals surface area contributed by atoms with Gasteiger partial charge in [-0.25, -0.2) is 0 Å². The van der Waals surface area contributed by atoms with Crippen LogP contribution in [0.2, 0.25) is 0 Å². The van der Waals surface area contributed by atoms with E-state index in [1.54, 1.807) is 18.2 Å². The van der Waals surface area contributed by atoms with E-state index in [1.165, 1.54) is 0 Å². The minimum absolute atomic E-state index is 0.0436. The third-order valence-electron chi connectivity index (χ3n) is 4.04. The van der Waals surface area contributed by atoms with Crippen LogP contribution >= 0.6 is 15.9 Å². The molecule has 0 heterocycles. The maximum absolute atomic E-state index is 12.9. The molecule has 0 bridgehead atoms. The number of carbonyl (C=O) groups is 1. The summed E-state index contributed by atoms with van der Waals surface area (Å²) in [6, 6.07) is 22.2. The van der Waals surface area contributed by atoms with E-state index < -0.39 is 0 Å². The lowest BCUT2D eigenvalue weighted by atomic mass is 10.1. The van der Waals surface area contributed by atoms with Crippen LogP contribution in [0.4, 0.5) is 5.69 Å². The van der Waals surface area contributed by atoms with Crippen LogP contribution in [0.15, 0.2) is 77.3 Å². The summed E-state index contributed by atoms with van der Waals surface area (Å²) in [7, 11) is 0. The van der Waals surface area contributed by atoms with Crippen molar-refractivity contribution in [2.45, 2.75) is 20.0 Å². The van der Waals surface area contributed by atoms with Gasteiger partial charge in [0.25, 0.3) is 5.91 Å². The van der Waals surface area contributed by atoms with E-state index in [2.05, 4.69) is 21.2 Å². The van der Waals surface area contributed by atoms with E-state index in [0.717, 1.165) is 10.2 Å². The molecule has 3 aromatic carbocycles. The quantitative estimate of drug-likeness (QED) is 0.393. The fourth-order valence-electron chi connectivity index (χ4n) is 2.75. The third kappa shape index (κ3) is 6.26. The Balaban J connectivity index is 1.66. The lowest BCUT2D eigenvalue weighted by Crippen LogP contribution is -2.17. The Labute approximate surface area is 185 Å². The zero-order valence-electron chi connectivity index (χ0n) is 16.9. The molecule has 0 atom stereocenters. The second-order valence-corrected chi connectivity index (χ2v) is 7.68. The van der Waals surface area contributed by atoms with Gasteiger partial charge in [-0.1, -0.05) is 46.3 Å². The number of amides is 1. The number of hydrogen-bond acceptors (Lipinski definition) is 4. The van der Waals surface area contributed by atoms with E-state index in [0.29, 0.717) is 36.0 Å². The van der Waals surface area contributed by atoms with Crippen LogP contribution in [0, 0.1) is 0 Å². The van der Waals surface area contributed by atoms with Crippen LogP contribution in [0.5, 0.6) is 17.2 Å². The van der Waals surface area contributed by atoms with Crippen molar-refractivity contribution in [3.63, 3.8) is 0 Å². The summed E-state index contributed by atoms with van der Waals surface area (Å²) in [5.74, 6) is 1.61. The van der Waals surface area contributed by atoms with Crippen LogP contribution < -0.4 is 19.5 Å². The number of para-hydroxylation sites is 3. The lowest BCUT2D eigenvalue weighted by Gasteiger charge is -2.16. The number of rotatable bonds is 9. The molecule has 5 nitrogen and oxygen atoms in total. The van der Waals surface area contributed by atoms with E-state index in [1.807, 2.05) is 68.4 Å². The summed E-state index contributed by atoms with van der Waals surface area (Å²) in [5, 5.41) is 2.92. The first kappa shape index (κ1) is 21.7. The standard InChI is InChI=1S/C24H24BrNO4/c1-17(2)30-22-13-12-18(25)16-20(22)24(27)26-21-10-6-7-11-23(21)29-15-14-28-19-8-4-3-5-9-19/h3-13,16-17H,14-15H2,1-2H3,(H,26,27). The van der Waals surface area contributed by atoms with Gasteiger partial charge in [0.15, 0.2) is 0 Å². The Morgan fingerprint density at radius 2 is 1.60 bits per heavy atom. The van der Waals surface area contributed by atoms with Gasteiger partial charge in [-0.2, -0.15) is 0 Å². The van der Waals surface area contributed by atoms with Gasteiger partial charge in [-0.05, 0) is 56.3 Å². The highest BCUT2D eigenvalue weighted by Gasteiger charge is 2.16. The number of benzene rings is 3. The van der Waals surface area contributed by atoms with E-state index in [-0.39, 0.29) is 12.0 Å². The summed E-state index contributed by atoms with van der Waals surface area (Å²) in [4.78, 5) is 12.9. The molecular weight excluding hydrogens is 446 g/mol. The average molecular weight is 470 g/mol. The minimum atomic E-state index is -0.275. The molecule has 0 unspecified atom stereocenters. The second-order valence-electron chi connectivity index (χ2n) is 6.77. The molecule has 3 aromatic rings. The third-order valence-corrected chi connectivity index (χ3v) is 4.53. The van der Waals surface area contributed by atoms with Gasteiger partial charge >= 0.3 is 0 Å². The van der Waals surface area contributed by atoms with Crippen molar-refractivity contribution < 1.29 is 19.0 Å². The van der Waals surface area contributed by atoms with Crippen molar-refractivity contribution in [2.24, 2.45) is 0 Å². The number of carbonyl (C=O) groups excluding carboxylic acids is 1. The number of hydrogen-bond donors (Lipinski definition) is 1. The fourth-order valence-corrected chi connectivity index (χ4v) is 3.11. The van der Waals surface area contributed by atoms with Crippen LogP contribution in [0.25, 0.3) is 0 Å². The zero-order valence-corrected chi connectivity index (χ0v) is 18.5. The van der Waals surface area contributed by atoms with Crippen molar-refractivity contribution in [1.29, 1.82) is 0 Å². The highest BCUT2D eigenvalue weighted by atomic mass is 79.9. The molecular formula is C24H24BrNO4. The Morgan fingerprint density at radius 3 is 2.37 bits per heavy atom. The summed E-state index contributed by atoms with van der Waals surface area (Å²) >= 11 is 3.42. The Morgan fingerprint density at radius 1 is 0.900 bits per heavy atom. The first-order valence-electron chi connectivity index (χ1n) is 9.70. The highest BCUT2D eigenvalue weighted by Crippen LogP contribution is 2.28. The second kappa shape index (κ2) is 10.7. The van der Waals surface area contributed by atoms with Gasteiger partial charge in [-0.15, -0.1) is 0 Å². The number of halogens is 1. The molecule has 0 aliphatic heterocycles. The van der Waals surface area contributed by atoms with Crippen molar-refractivity contribution >= 4 is 27.5 Å². The highest BCUT2D eigenvalue weighted by molar-refractivity contribution is 9.10. The summed E-state index contributed by atoms with van der Waals surface area (Å²) in [5.41, 5.74) is 1.03. The Bertz CT molecular complexity index is 976.